The molecule has 0 radical (unpaired) electrons. The Bertz CT molecular complexity index is 984. The summed E-state index contributed by atoms with van der Waals surface area (Å²) in [6, 6.07) is 13.1. The zero-order chi connectivity index (χ0) is 21.8. The summed E-state index contributed by atoms with van der Waals surface area (Å²) in [4.78, 5) is 51.2. The topological polar surface area (TPSA) is 92.8 Å². The summed E-state index contributed by atoms with van der Waals surface area (Å²) < 4.78 is 4.73. The second kappa shape index (κ2) is 8.90. The molecule has 0 bridgehead atoms. The van der Waals surface area contributed by atoms with Gasteiger partial charge < -0.3 is 10.1 Å². The van der Waals surface area contributed by atoms with E-state index < -0.39 is 23.8 Å². The van der Waals surface area contributed by atoms with Gasteiger partial charge in [-0.05, 0) is 36.1 Å². The number of hydrogen-bond acceptors (Lipinski definition) is 5. The van der Waals surface area contributed by atoms with Crippen molar-refractivity contribution in [1.29, 1.82) is 0 Å². The maximum absolute atomic E-state index is 12.8. The number of benzene rings is 2. The summed E-state index contributed by atoms with van der Waals surface area (Å²) in [5, 5.41) is 2.64. The Morgan fingerprint density at radius 2 is 1.67 bits per heavy atom. The second-order valence-corrected chi connectivity index (χ2v) is 7.48. The first-order valence-corrected chi connectivity index (χ1v) is 9.76. The van der Waals surface area contributed by atoms with E-state index in [-0.39, 0.29) is 35.1 Å². The van der Waals surface area contributed by atoms with Crippen LogP contribution in [-0.2, 0) is 16.0 Å². The minimum atomic E-state index is -0.810. The first kappa shape index (κ1) is 21.2. The molecule has 3 amide bonds. The Kier molecular flexibility index (Phi) is 6.30. The number of imide groups is 1. The first-order chi connectivity index (χ1) is 14.3. The maximum Gasteiger partial charge on any atom is 0.328 e. The number of esters is 1. The van der Waals surface area contributed by atoms with Gasteiger partial charge in [-0.2, -0.15) is 0 Å². The molecule has 7 nitrogen and oxygen atoms in total. The molecule has 0 aromatic heterocycles. The number of nitrogens with zero attached hydrogens (tertiary/aromatic N) is 1. The van der Waals surface area contributed by atoms with Crippen molar-refractivity contribution in [2.75, 3.05) is 13.7 Å². The van der Waals surface area contributed by atoms with Crippen LogP contribution in [0.1, 0.15) is 50.5 Å². The van der Waals surface area contributed by atoms with Gasteiger partial charge in [0.15, 0.2) is 0 Å². The number of carbonyl (C=O) groups is 4. The van der Waals surface area contributed by atoms with Gasteiger partial charge in [0.25, 0.3) is 17.7 Å². The monoisotopic (exact) mass is 408 g/mol. The Morgan fingerprint density at radius 1 is 1.00 bits per heavy atom. The summed E-state index contributed by atoms with van der Waals surface area (Å²) >= 11 is 0. The summed E-state index contributed by atoms with van der Waals surface area (Å²) in [5.74, 6) is -2.02. The molecule has 2 aromatic carbocycles. The summed E-state index contributed by atoms with van der Waals surface area (Å²) in [5.41, 5.74) is 1.70. The lowest BCUT2D eigenvalue weighted by Crippen LogP contribution is -2.45. The van der Waals surface area contributed by atoms with Crippen molar-refractivity contribution >= 4 is 23.7 Å². The largest absolute Gasteiger partial charge is 0.467 e. The maximum atomic E-state index is 12.8. The predicted octanol–water partition coefficient (Wildman–Crippen LogP) is 2.45. The van der Waals surface area contributed by atoms with Gasteiger partial charge in [-0.1, -0.05) is 44.2 Å². The number of nitrogens with one attached hydrogen (secondary N) is 1. The van der Waals surface area contributed by atoms with E-state index in [1.54, 1.807) is 13.8 Å². The van der Waals surface area contributed by atoms with E-state index in [4.69, 9.17) is 4.74 Å². The highest BCUT2D eigenvalue weighted by molar-refractivity contribution is 6.22. The van der Waals surface area contributed by atoms with Gasteiger partial charge in [-0.25, -0.2) is 4.79 Å². The van der Waals surface area contributed by atoms with Crippen molar-refractivity contribution in [2.45, 2.75) is 26.3 Å². The SMILES string of the molecule is COC(=O)[C@@H](NC(=O)c1ccc2c(c1)C(=O)N(CCc1ccccc1)C2=O)C(C)C. The lowest BCUT2D eigenvalue weighted by atomic mass is 10.0. The molecule has 0 saturated heterocycles. The van der Waals surface area contributed by atoms with Crippen LogP contribution in [0.3, 0.4) is 0 Å². The van der Waals surface area contributed by atoms with Crippen molar-refractivity contribution in [3.8, 4) is 0 Å². The number of hydrogen-bond donors (Lipinski definition) is 1. The van der Waals surface area contributed by atoms with Crippen LogP contribution in [0.5, 0.6) is 0 Å². The Labute approximate surface area is 175 Å². The molecule has 1 atom stereocenters. The Morgan fingerprint density at radius 3 is 2.30 bits per heavy atom. The van der Waals surface area contributed by atoms with Crippen LogP contribution in [0.25, 0.3) is 0 Å². The van der Waals surface area contributed by atoms with Gasteiger partial charge in [0.05, 0.1) is 18.2 Å². The molecule has 0 unspecified atom stereocenters. The molecule has 0 saturated carbocycles. The minimum absolute atomic E-state index is 0.174. The van der Waals surface area contributed by atoms with Gasteiger partial charge in [0.2, 0.25) is 0 Å². The van der Waals surface area contributed by atoms with E-state index in [1.807, 2.05) is 30.3 Å². The lowest BCUT2D eigenvalue weighted by Gasteiger charge is -2.19. The van der Waals surface area contributed by atoms with Gasteiger partial charge in [-0.3, -0.25) is 19.3 Å². The highest BCUT2D eigenvalue weighted by Crippen LogP contribution is 2.24. The molecule has 1 aliphatic heterocycles. The lowest BCUT2D eigenvalue weighted by molar-refractivity contribution is -0.144. The van der Waals surface area contributed by atoms with Gasteiger partial charge in [-0.15, -0.1) is 0 Å². The minimum Gasteiger partial charge on any atom is -0.467 e. The summed E-state index contributed by atoms with van der Waals surface area (Å²) in [6.07, 6.45) is 0.550. The van der Waals surface area contributed by atoms with Crippen LogP contribution in [-0.4, -0.2) is 48.3 Å². The van der Waals surface area contributed by atoms with Crippen molar-refractivity contribution in [1.82, 2.24) is 10.2 Å². The molecule has 156 valence electrons. The number of methoxy groups -OCH3 is 1. The molecule has 0 fully saturated rings. The van der Waals surface area contributed by atoms with Crippen LogP contribution >= 0.6 is 0 Å². The van der Waals surface area contributed by atoms with E-state index >= 15 is 0 Å². The Balaban J connectivity index is 1.76. The highest BCUT2D eigenvalue weighted by atomic mass is 16.5. The Hall–Kier alpha value is -3.48. The fourth-order valence-electron chi connectivity index (χ4n) is 3.37. The zero-order valence-electron chi connectivity index (χ0n) is 17.2. The van der Waals surface area contributed by atoms with E-state index in [0.29, 0.717) is 6.42 Å². The third kappa shape index (κ3) is 4.25. The average molecular weight is 408 g/mol. The average Bonchev–Trinajstić information content (AvgIpc) is 2.99. The normalized spacial score (nSPS) is 13.9. The molecule has 0 aliphatic carbocycles. The number of fused-ring (bicyclic) bond motifs is 1. The van der Waals surface area contributed by atoms with Crippen molar-refractivity contribution in [3.05, 3.63) is 70.8 Å². The molecular formula is C23H24N2O5. The van der Waals surface area contributed by atoms with Crippen LogP contribution in [0.15, 0.2) is 48.5 Å². The van der Waals surface area contributed by atoms with Gasteiger partial charge in [0, 0.05) is 12.1 Å². The number of rotatable bonds is 7. The van der Waals surface area contributed by atoms with Gasteiger partial charge in [0.1, 0.15) is 6.04 Å². The number of carbonyl (C=O) groups excluding carboxylic acids is 4. The first-order valence-electron chi connectivity index (χ1n) is 9.76. The fourth-order valence-corrected chi connectivity index (χ4v) is 3.37. The van der Waals surface area contributed by atoms with Crippen LogP contribution in [0.4, 0.5) is 0 Å². The van der Waals surface area contributed by atoms with Crippen molar-refractivity contribution < 1.29 is 23.9 Å². The van der Waals surface area contributed by atoms with Gasteiger partial charge >= 0.3 is 5.97 Å². The third-order valence-corrected chi connectivity index (χ3v) is 5.11. The van der Waals surface area contributed by atoms with E-state index in [1.165, 1.54) is 30.2 Å². The van der Waals surface area contributed by atoms with E-state index in [9.17, 15) is 19.2 Å². The molecule has 1 aliphatic rings. The molecular weight excluding hydrogens is 384 g/mol. The van der Waals surface area contributed by atoms with E-state index in [2.05, 4.69) is 5.32 Å². The van der Waals surface area contributed by atoms with E-state index in [0.717, 1.165) is 5.56 Å². The molecule has 1 N–H and O–H groups in total. The quantitative estimate of drug-likeness (QED) is 0.561. The second-order valence-electron chi connectivity index (χ2n) is 7.48. The third-order valence-electron chi connectivity index (χ3n) is 5.11. The van der Waals surface area contributed by atoms with Crippen LogP contribution in [0.2, 0.25) is 0 Å². The summed E-state index contributed by atoms with van der Waals surface area (Å²) in [6.45, 7) is 3.84. The zero-order valence-corrected chi connectivity index (χ0v) is 17.2. The highest BCUT2D eigenvalue weighted by Gasteiger charge is 2.36. The molecule has 30 heavy (non-hydrogen) atoms. The fraction of sp³-hybridized carbons (Fsp3) is 0.304. The number of ether oxygens (including phenoxy) is 1. The standard InChI is InChI=1S/C23H24N2O5/c1-14(2)19(23(29)30-3)24-20(26)16-9-10-17-18(13-16)22(28)25(21(17)27)12-11-15-7-5-4-6-8-15/h4-10,13-14,19H,11-12H2,1-3H3,(H,24,26)/t19-/m0/s1. The predicted molar refractivity (Wildman–Crippen MR) is 110 cm³/mol. The summed E-state index contributed by atoms with van der Waals surface area (Å²) in [7, 11) is 1.26. The van der Waals surface area contributed by atoms with Crippen molar-refractivity contribution in [3.63, 3.8) is 0 Å². The van der Waals surface area contributed by atoms with Crippen LogP contribution in [0, 0.1) is 5.92 Å². The molecule has 0 spiro atoms. The molecule has 1 heterocycles. The molecule has 3 rings (SSSR count). The molecule has 7 heteroatoms. The van der Waals surface area contributed by atoms with Crippen LogP contribution < -0.4 is 5.32 Å². The number of amides is 3. The molecule has 2 aromatic rings. The van der Waals surface area contributed by atoms with Crippen molar-refractivity contribution in [2.24, 2.45) is 5.92 Å². The smallest absolute Gasteiger partial charge is 0.328 e.